The fourth-order valence-electron chi connectivity index (χ4n) is 5.11. The number of amides is 2. The molecule has 0 unspecified atom stereocenters. The Morgan fingerprint density at radius 2 is 1.83 bits per heavy atom. The second kappa shape index (κ2) is 8.74. The van der Waals surface area contributed by atoms with E-state index in [1.807, 2.05) is 25.7 Å². The zero-order chi connectivity index (χ0) is 25.9. The van der Waals surface area contributed by atoms with E-state index in [-0.39, 0.29) is 16.2 Å². The van der Waals surface area contributed by atoms with Crippen LogP contribution >= 0.6 is 11.3 Å². The summed E-state index contributed by atoms with van der Waals surface area (Å²) in [6, 6.07) is 0.994. The second-order valence-corrected chi connectivity index (χ2v) is 12.2. The minimum Gasteiger partial charge on any atom is -0.444 e. The molecule has 4 heterocycles. The molecule has 2 aromatic heterocycles. The molecule has 0 bridgehead atoms. The van der Waals surface area contributed by atoms with Crippen LogP contribution in [0.4, 0.5) is 23.8 Å². The first-order valence-corrected chi connectivity index (χ1v) is 13.0. The molecule has 1 saturated carbocycles. The first-order valence-electron chi connectivity index (χ1n) is 12.2. The Morgan fingerprint density at radius 1 is 1.14 bits per heavy atom. The number of fused-ring (bicyclic) bond motifs is 1. The number of hydrogen-bond donors (Lipinski definition) is 0. The number of halogens is 3. The normalized spacial score (nSPS) is 21.9. The Labute approximate surface area is 211 Å². The van der Waals surface area contributed by atoms with Crippen molar-refractivity contribution < 1.29 is 27.5 Å². The molecule has 0 radical (unpaired) electrons. The van der Waals surface area contributed by atoms with Gasteiger partial charge in [0.15, 0.2) is 0 Å². The largest absolute Gasteiger partial charge is 0.444 e. The molecule has 196 valence electrons. The summed E-state index contributed by atoms with van der Waals surface area (Å²) in [6.45, 7) is 7.86. The molecule has 8 nitrogen and oxygen atoms in total. The van der Waals surface area contributed by atoms with Gasteiger partial charge in [-0.15, -0.1) is 11.3 Å². The summed E-state index contributed by atoms with van der Waals surface area (Å²) in [5.74, 6) is 0.519. The molecule has 0 aromatic carbocycles. The highest BCUT2D eigenvalue weighted by molar-refractivity contribution is 7.18. The van der Waals surface area contributed by atoms with Crippen LogP contribution in [0.3, 0.4) is 0 Å². The lowest BCUT2D eigenvalue weighted by atomic mass is 10.0. The summed E-state index contributed by atoms with van der Waals surface area (Å²) in [4.78, 5) is 41.0. The zero-order valence-corrected chi connectivity index (χ0v) is 21.4. The average Bonchev–Trinajstić information content (AvgIpc) is 3.23. The lowest BCUT2D eigenvalue weighted by Crippen LogP contribution is -2.55. The molecule has 36 heavy (non-hydrogen) atoms. The fraction of sp³-hybridized carbons (Fsp3) is 0.667. The molecule has 2 saturated heterocycles. The third-order valence-corrected chi connectivity index (χ3v) is 8.05. The maximum atomic E-state index is 13.5. The van der Waals surface area contributed by atoms with Crippen molar-refractivity contribution in [3.8, 4) is 0 Å². The van der Waals surface area contributed by atoms with Gasteiger partial charge in [0, 0.05) is 37.6 Å². The first-order chi connectivity index (χ1) is 16.8. The minimum absolute atomic E-state index is 0.0404. The molecule has 2 amide bonds. The molecule has 3 fully saturated rings. The third-order valence-electron chi connectivity index (χ3n) is 7.00. The van der Waals surface area contributed by atoms with Gasteiger partial charge in [-0.1, -0.05) is 0 Å². The Bertz CT molecular complexity index is 1170. The number of ether oxygens (including phenoxy) is 1. The number of alkyl halides is 3. The van der Waals surface area contributed by atoms with Gasteiger partial charge in [-0.25, -0.2) is 14.8 Å². The highest BCUT2D eigenvalue weighted by Crippen LogP contribution is 2.55. The van der Waals surface area contributed by atoms with Gasteiger partial charge in [-0.3, -0.25) is 9.69 Å². The van der Waals surface area contributed by atoms with Gasteiger partial charge in [-0.2, -0.15) is 13.2 Å². The lowest BCUT2D eigenvalue weighted by Gasteiger charge is -2.38. The van der Waals surface area contributed by atoms with Gasteiger partial charge >= 0.3 is 12.3 Å². The molecule has 1 aliphatic carbocycles. The van der Waals surface area contributed by atoms with Gasteiger partial charge in [-0.05, 0) is 51.5 Å². The van der Waals surface area contributed by atoms with Gasteiger partial charge < -0.3 is 14.5 Å². The predicted octanol–water partition coefficient (Wildman–Crippen LogP) is 4.23. The summed E-state index contributed by atoms with van der Waals surface area (Å²) >= 11 is 1.03. The van der Waals surface area contributed by atoms with Crippen LogP contribution < -0.4 is 4.90 Å². The predicted molar refractivity (Wildman–Crippen MR) is 129 cm³/mol. The minimum atomic E-state index is -4.28. The van der Waals surface area contributed by atoms with Crippen LogP contribution in [0.5, 0.6) is 0 Å². The summed E-state index contributed by atoms with van der Waals surface area (Å²) in [6.07, 6.45) is -1.66. The number of hydrogen-bond acceptors (Lipinski definition) is 7. The van der Waals surface area contributed by atoms with Crippen molar-refractivity contribution in [1.82, 2.24) is 19.8 Å². The van der Waals surface area contributed by atoms with Crippen LogP contribution in [-0.2, 0) is 16.0 Å². The first kappa shape index (κ1) is 25.0. The summed E-state index contributed by atoms with van der Waals surface area (Å²) < 4.78 is 44.2. The van der Waals surface area contributed by atoms with E-state index in [2.05, 4.69) is 9.97 Å². The van der Waals surface area contributed by atoms with E-state index in [1.165, 1.54) is 12.4 Å². The number of nitrogens with zero attached hydrogens (tertiary/aromatic N) is 5. The fourth-order valence-corrected chi connectivity index (χ4v) is 6.13. The molecular weight excluding hydrogens is 495 g/mol. The Balaban J connectivity index is 1.27. The topological polar surface area (TPSA) is 78.9 Å². The smallest absolute Gasteiger partial charge is 0.410 e. The Hall–Kier alpha value is -2.63. The van der Waals surface area contributed by atoms with Crippen molar-refractivity contribution in [2.24, 2.45) is 5.41 Å². The van der Waals surface area contributed by atoms with Crippen LogP contribution in [0.1, 0.15) is 44.9 Å². The van der Waals surface area contributed by atoms with Crippen molar-refractivity contribution in [2.75, 3.05) is 37.6 Å². The molecule has 0 N–H and O–H groups in total. The zero-order valence-electron chi connectivity index (χ0n) is 20.6. The van der Waals surface area contributed by atoms with Crippen LogP contribution in [0.15, 0.2) is 12.4 Å². The maximum Gasteiger partial charge on any atom is 0.410 e. The van der Waals surface area contributed by atoms with E-state index in [0.717, 1.165) is 24.2 Å². The molecule has 1 spiro atoms. The van der Waals surface area contributed by atoms with Gasteiger partial charge in [0.2, 0.25) is 5.91 Å². The summed E-state index contributed by atoms with van der Waals surface area (Å²) in [5.41, 5.74) is -0.598. The lowest BCUT2D eigenvalue weighted by molar-refractivity contribution is -0.136. The van der Waals surface area contributed by atoms with Crippen molar-refractivity contribution in [3.63, 3.8) is 0 Å². The van der Waals surface area contributed by atoms with Crippen molar-refractivity contribution in [3.05, 3.63) is 17.3 Å². The quantitative estimate of drug-likeness (QED) is 0.597. The van der Waals surface area contributed by atoms with E-state index in [0.29, 0.717) is 55.2 Å². The number of thiophene rings is 1. The van der Waals surface area contributed by atoms with Crippen molar-refractivity contribution >= 4 is 39.4 Å². The highest BCUT2D eigenvalue weighted by atomic mass is 32.1. The van der Waals surface area contributed by atoms with E-state index >= 15 is 0 Å². The molecule has 5 rings (SSSR count). The van der Waals surface area contributed by atoms with E-state index < -0.39 is 30.3 Å². The van der Waals surface area contributed by atoms with Crippen LogP contribution in [0.2, 0.25) is 0 Å². The third kappa shape index (κ3) is 5.23. The summed E-state index contributed by atoms with van der Waals surface area (Å²) in [5, 5.41) is 0.601. The standard InChI is InChI=1S/C24H30F3N5O3S/c1-22(2,3)35-21(34)32-13-23(4-5-23)12-17(32)20(33)31-8-6-30(7-9-31)18-16-10-15(11-24(25,26)27)36-19(16)29-14-28-18/h10,14,17H,4-9,11-13H2,1-3H3/t17-/m0/s1. The monoisotopic (exact) mass is 525 g/mol. The van der Waals surface area contributed by atoms with Gasteiger partial charge in [0.05, 0.1) is 11.8 Å². The summed E-state index contributed by atoms with van der Waals surface area (Å²) in [7, 11) is 0. The second-order valence-electron chi connectivity index (χ2n) is 11.1. The number of rotatable bonds is 3. The molecule has 3 aliphatic rings. The van der Waals surface area contributed by atoms with E-state index in [4.69, 9.17) is 4.74 Å². The Morgan fingerprint density at radius 3 is 2.44 bits per heavy atom. The molecule has 12 heteroatoms. The van der Waals surface area contributed by atoms with Crippen molar-refractivity contribution in [2.45, 2.75) is 64.3 Å². The maximum absolute atomic E-state index is 13.5. The number of carbonyl (C=O) groups is 2. The number of anilines is 1. The van der Waals surface area contributed by atoms with Crippen LogP contribution in [-0.4, -0.2) is 82.3 Å². The Kier molecular flexibility index (Phi) is 6.08. The number of aromatic nitrogens is 2. The van der Waals surface area contributed by atoms with E-state index in [1.54, 1.807) is 9.80 Å². The van der Waals surface area contributed by atoms with E-state index in [9.17, 15) is 22.8 Å². The van der Waals surface area contributed by atoms with Crippen LogP contribution in [0, 0.1) is 5.41 Å². The molecular formula is C24H30F3N5O3S. The number of piperazine rings is 1. The average molecular weight is 526 g/mol. The van der Waals surface area contributed by atoms with Gasteiger partial charge in [0.1, 0.15) is 28.6 Å². The molecule has 2 aliphatic heterocycles. The SMILES string of the molecule is CC(C)(C)OC(=O)N1CC2(CC2)C[C@H]1C(=O)N1CCN(c2ncnc3sc(CC(F)(F)F)cc23)CC1. The molecule has 1 atom stereocenters. The van der Waals surface area contributed by atoms with Crippen LogP contribution in [0.25, 0.3) is 10.2 Å². The van der Waals surface area contributed by atoms with Gasteiger partial charge in [0.25, 0.3) is 0 Å². The molecule has 2 aromatic rings. The highest BCUT2D eigenvalue weighted by Gasteiger charge is 2.56. The van der Waals surface area contributed by atoms with Crippen molar-refractivity contribution in [1.29, 1.82) is 0 Å². The number of likely N-dealkylation sites (tertiary alicyclic amines) is 1. The number of carbonyl (C=O) groups excluding carboxylic acids is 2.